The number of benzene rings is 2. The standard InChI is InChI=1S/C14H13N3OS/c15-10-5-6-12(18)9(7-10)8-16-14-17-11-3-1-2-4-13(11)19-14/h1-7,18H,8,15H2,(H,16,17). The van der Waals surface area contributed by atoms with Crippen LogP contribution in [0.1, 0.15) is 5.56 Å². The van der Waals surface area contributed by atoms with E-state index in [1.807, 2.05) is 24.3 Å². The molecule has 3 aromatic rings. The molecule has 0 aliphatic rings. The number of anilines is 2. The number of nitrogens with two attached hydrogens (primary N) is 1. The number of hydrogen-bond donors (Lipinski definition) is 3. The van der Waals surface area contributed by atoms with Gasteiger partial charge in [0.05, 0.1) is 10.2 Å². The Morgan fingerprint density at radius 2 is 2.05 bits per heavy atom. The minimum atomic E-state index is 0.239. The van der Waals surface area contributed by atoms with Gasteiger partial charge in [0.15, 0.2) is 5.13 Å². The molecule has 3 rings (SSSR count). The number of rotatable bonds is 3. The van der Waals surface area contributed by atoms with Gasteiger partial charge in [0, 0.05) is 17.8 Å². The highest BCUT2D eigenvalue weighted by atomic mass is 32.1. The van der Waals surface area contributed by atoms with Gasteiger partial charge in [-0.1, -0.05) is 23.5 Å². The highest BCUT2D eigenvalue weighted by molar-refractivity contribution is 7.22. The second-order valence-corrected chi connectivity index (χ2v) is 5.26. The molecule has 0 fully saturated rings. The van der Waals surface area contributed by atoms with Crippen molar-refractivity contribution in [3.8, 4) is 5.75 Å². The number of nitrogens with zero attached hydrogens (tertiary/aromatic N) is 1. The zero-order chi connectivity index (χ0) is 13.2. The van der Waals surface area contributed by atoms with Crippen LogP contribution in [-0.2, 0) is 6.54 Å². The Morgan fingerprint density at radius 1 is 1.21 bits per heavy atom. The highest BCUT2D eigenvalue weighted by Gasteiger charge is 2.05. The number of nitrogens with one attached hydrogen (secondary N) is 1. The van der Waals surface area contributed by atoms with Crippen LogP contribution in [0.5, 0.6) is 5.75 Å². The van der Waals surface area contributed by atoms with E-state index in [1.54, 1.807) is 29.5 Å². The number of nitrogen functional groups attached to an aromatic ring is 1. The van der Waals surface area contributed by atoms with E-state index in [2.05, 4.69) is 10.3 Å². The van der Waals surface area contributed by atoms with Gasteiger partial charge in [0.1, 0.15) is 5.75 Å². The average Bonchev–Trinajstić information content (AvgIpc) is 2.82. The molecular formula is C14H13N3OS. The number of aromatic nitrogens is 1. The van der Waals surface area contributed by atoms with Gasteiger partial charge in [-0.2, -0.15) is 0 Å². The van der Waals surface area contributed by atoms with Gasteiger partial charge in [-0.3, -0.25) is 0 Å². The third kappa shape index (κ3) is 2.46. The van der Waals surface area contributed by atoms with Crippen LogP contribution in [0.3, 0.4) is 0 Å². The molecule has 5 heteroatoms. The molecule has 0 amide bonds. The molecular weight excluding hydrogens is 258 g/mol. The monoisotopic (exact) mass is 271 g/mol. The lowest BCUT2D eigenvalue weighted by Crippen LogP contribution is -2.00. The third-order valence-electron chi connectivity index (χ3n) is 2.83. The molecule has 0 unspecified atom stereocenters. The summed E-state index contributed by atoms with van der Waals surface area (Å²) >= 11 is 1.59. The first kappa shape index (κ1) is 11.8. The number of phenolic OH excluding ortho intramolecular Hbond substituents is 1. The Bertz CT molecular complexity index is 691. The number of hydrogen-bond acceptors (Lipinski definition) is 5. The maximum absolute atomic E-state index is 9.74. The molecule has 0 spiro atoms. The van der Waals surface area contributed by atoms with Gasteiger partial charge in [0.25, 0.3) is 0 Å². The Morgan fingerprint density at radius 3 is 2.89 bits per heavy atom. The van der Waals surface area contributed by atoms with Gasteiger partial charge < -0.3 is 16.2 Å². The first-order valence-corrected chi connectivity index (χ1v) is 6.71. The molecule has 0 bridgehead atoms. The van der Waals surface area contributed by atoms with E-state index in [4.69, 9.17) is 5.73 Å². The van der Waals surface area contributed by atoms with Crippen LogP contribution in [0.25, 0.3) is 10.2 Å². The van der Waals surface area contributed by atoms with Crippen molar-refractivity contribution in [1.82, 2.24) is 4.98 Å². The summed E-state index contributed by atoms with van der Waals surface area (Å²) in [5.41, 5.74) is 8.09. The summed E-state index contributed by atoms with van der Waals surface area (Å²) in [5.74, 6) is 0.239. The summed E-state index contributed by atoms with van der Waals surface area (Å²) < 4.78 is 1.14. The number of thiazole rings is 1. The predicted octanol–water partition coefficient (Wildman–Crippen LogP) is 3.20. The van der Waals surface area contributed by atoms with Crippen LogP contribution >= 0.6 is 11.3 Å². The summed E-state index contributed by atoms with van der Waals surface area (Å²) in [6, 6.07) is 13.0. The molecule has 0 atom stereocenters. The van der Waals surface area contributed by atoms with Gasteiger partial charge >= 0.3 is 0 Å². The molecule has 0 aliphatic carbocycles. The molecule has 0 saturated heterocycles. The molecule has 96 valence electrons. The van der Waals surface area contributed by atoms with Gasteiger partial charge in [-0.05, 0) is 30.3 Å². The van der Waals surface area contributed by atoms with Crippen molar-refractivity contribution in [1.29, 1.82) is 0 Å². The second kappa shape index (κ2) is 4.78. The van der Waals surface area contributed by atoms with Crippen molar-refractivity contribution in [2.75, 3.05) is 11.1 Å². The molecule has 0 aliphatic heterocycles. The van der Waals surface area contributed by atoms with Crippen LogP contribution < -0.4 is 11.1 Å². The van der Waals surface area contributed by atoms with Gasteiger partial charge in [-0.15, -0.1) is 0 Å². The molecule has 1 heterocycles. The van der Waals surface area contributed by atoms with Gasteiger partial charge in [-0.25, -0.2) is 4.98 Å². The van der Waals surface area contributed by atoms with Crippen molar-refractivity contribution in [2.24, 2.45) is 0 Å². The number of phenols is 1. The summed E-state index contributed by atoms with van der Waals surface area (Å²) in [6.45, 7) is 0.497. The van der Waals surface area contributed by atoms with Crippen molar-refractivity contribution in [3.63, 3.8) is 0 Å². The average molecular weight is 271 g/mol. The zero-order valence-corrected chi connectivity index (χ0v) is 10.9. The number of fused-ring (bicyclic) bond motifs is 1. The number of aromatic hydroxyl groups is 1. The molecule has 19 heavy (non-hydrogen) atoms. The minimum absolute atomic E-state index is 0.239. The van der Waals surface area contributed by atoms with E-state index in [1.165, 1.54) is 0 Å². The normalized spacial score (nSPS) is 10.7. The Hall–Kier alpha value is -2.27. The molecule has 1 aromatic heterocycles. The maximum atomic E-state index is 9.74. The molecule has 4 N–H and O–H groups in total. The van der Waals surface area contributed by atoms with Crippen molar-refractivity contribution < 1.29 is 5.11 Å². The maximum Gasteiger partial charge on any atom is 0.184 e. The highest BCUT2D eigenvalue weighted by Crippen LogP contribution is 2.27. The fraction of sp³-hybridized carbons (Fsp3) is 0.0714. The zero-order valence-electron chi connectivity index (χ0n) is 10.1. The first-order chi connectivity index (χ1) is 9.22. The lowest BCUT2D eigenvalue weighted by molar-refractivity contribution is 0.469. The Kier molecular flexibility index (Phi) is 2.97. The SMILES string of the molecule is Nc1ccc(O)c(CNc2nc3ccccc3s2)c1. The second-order valence-electron chi connectivity index (χ2n) is 4.23. The topological polar surface area (TPSA) is 71.2 Å². The molecule has 0 saturated carbocycles. The largest absolute Gasteiger partial charge is 0.508 e. The lowest BCUT2D eigenvalue weighted by atomic mass is 10.2. The molecule has 2 aromatic carbocycles. The predicted molar refractivity (Wildman–Crippen MR) is 79.5 cm³/mol. The summed E-state index contributed by atoms with van der Waals surface area (Å²) in [4.78, 5) is 4.47. The van der Waals surface area contributed by atoms with Crippen LogP contribution in [-0.4, -0.2) is 10.1 Å². The fourth-order valence-electron chi connectivity index (χ4n) is 1.87. The van der Waals surface area contributed by atoms with Crippen LogP contribution in [0.2, 0.25) is 0 Å². The Balaban J connectivity index is 1.80. The summed E-state index contributed by atoms with van der Waals surface area (Å²) in [7, 11) is 0. The first-order valence-electron chi connectivity index (χ1n) is 5.89. The fourth-order valence-corrected chi connectivity index (χ4v) is 2.73. The minimum Gasteiger partial charge on any atom is -0.508 e. The Labute approximate surface area is 114 Å². The van der Waals surface area contributed by atoms with Crippen LogP contribution in [0.4, 0.5) is 10.8 Å². The molecule has 0 radical (unpaired) electrons. The molecule has 4 nitrogen and oxygen atoms in total. The number of para-hydroxylation sites is 1. The van der Waals surface area contributed by atoms with Gasteiger partial charge in [0.2, 0.25) is 0 Å². The van der Waals surface area contributed by atoms with E-state index < -0.39 is 0 Å². The van der Waals surface area contributed by atoms with E-state index in [0.717, 1.165) is 20.9 Å². The van der Waals surface area contributed by atoms with E-state index in [0.29, 0.717) is 12.2 Å². The van der Waals surface area contributed by atoms with E-state index in [9.17, 15) is 5.11 Å². The quantitative estimate of drug-likeness (QED) is 0.505. The van der Waals surface area contributed by atoms with E-state index >= 15 is 0 Å². The van der Waals surface area contributed by atoms with Crippen LogP contribution in [0, 0.1) is 0 Å². The van der Waals surface area contributed by atoms with Crippen molar-refractivity contribution in [3.05, 3.63) is 48.0 Å². The summed E-state index contributed by atoms with van der Waals surface area (Å²) in [6.07, 6.45) is 0. The van der Waals surface area contributed by atoms with E-state index in [-0.39, 0.29) is 5.75 Å². The van der Waals surface area contributed by atoms with Crippen molar-refractivity contribution in [2.45, 2.75) is 6.54 Å². The van der Waals surface area contributed by atoms with Crippen molar-refractivity contribution >= 4 is 32.4 Å². The smallest absolute Gasteiger partial charge is 0.184 e. The van der Waals surface area contributed by atoms with Crippen LogP contribution in [0.15, 0.2) is 42.5 Å². The summed E-state index contributed by atoms with van der Waals surface area (Å²) in [5, 5.41) is 13.8. The lowest BCUT2D eigenvalue weighted by Gasteiger charge is -2.06. The third-order valence-corrected chi connectivity index (χ3v) is 3.82.